The average molecular weight is 165 g/mol. The van der Waals surface area contributed by atoms with Crippen molar-refractivity contribution >= 4 is 12.1 Å². The van der Waals surface area contributed by atoms with Crippen molar-refractivity contribution in [1.82, 2.24) is 0 Å². The Hall–Kier alpha value is -1.38. The Morgan fingerprint density at radius 1 is 1.58 bits per heavy atom. The minimum Gasteiger partial charge on any atom is -0.388 e. The normalized spacial score (nSPS) is 13.8. The molecule has 0 radical (unpaired) electrons. The number of nitrogens with two attached hydrogens (primary N) is 1. The third-order valence-corrected chi connectivity index (χ3v) is 1.44. The maximum atomic E-state index is 5.07. The molecule has 12 heavy (non-hydrogen) atoms. The quantitative estimate of drug-likeness (QED) is 0.294. The van der Waals surface area contributed by atoms with Crippen LogP contribution in [0.15, 0.2) is 34.5 Å². The van der Waals surface area contributed by atoms with Crippen LogP contribution in [-0.4, -0.2) is 12.1 Å². The van der Waals surface area contributed by atoms with Gasteiger partial charge in [-0.15, -0.1) is 5.10 Å². The van der Waals surface area contributed by atoms with Crippen LogP contribution in [0.3, 0.4) is 0 Å². The summed E-state index contributed by atoms with van der Waals surface area (Å²) in [6.45, 7) is 7.63. The molecule has 0 amide bonds. The van der Waals surface area contributed by atoms with Crippen LogP contribution in [0.1, 0.15) is 20.3 Å². The first-order chi connectivity index (χ1) is 5.79. The van der Waals surface area contributed by atoms with Gasteiger partial charge in [-0.1, -0.05) is 25.7 Å². The van der Waals surface area contributed by atoms with E-state index in [0.29, 0.717) is 0 Å². The van der Waals surface area contributed by atoms with Crippen LogP contribution in [0.4, 0.5) is 0 Å². The zero-order valence-corrected chi connectivity index (χ0v) is 7.62. The van der Waals surface area contributed by atoms with Gasteiger partial charge in [-0.2, -0.15) is 5.10 Å². The van der Waals surface area contributed by atoms with Crippen LogP contribution in [-0.2, 0) is 0 Å². The summed E-state index contributed by atoms with van der Waals surface area (Å²) in [7, 11) is 0. The van der Waals surface area contributed by atoms with Crippen LogP contribution >= 0.6 is 0 Å². The van der Waals surface area contributed by atoms with E-state index in [0.717, 1.165) is 17.7 Å². The molecule has 0 aromatic carbocycles. The number of rotatable bonds is 4. The Morgan fingerprint density at radius 3 is 2.58 bits per heavy atom. The topological polar surface area (TPSA) is 50.7 Å². The van der Waals surface area contributed by atoms with E-state index in [4.69, 9.17) is 5.73 Å². The molecule has 0 saturated heterocycles. The highest BCUT2D eigenvalue weighted by molar-refractivity contribution is 6.02. The van der Waals surface area contributed by atoms with Gasteiger partial charge in [-0.3, -0.25) is 0 Å². The molecular weight excluding hydrogens is 150 g/mol. The number of hydrogen-bond acceptors (Lipinski definition) is 2. The summed E-state index contributed by atoms with van der Waals surface area (Å²) >= 11 is 0. The molecule has 0 aromatic rings. The van der Waals surface area contributed by atoms with Crippen molar-refractivity contribution in [1.29, 1.82) is 0 Å². The zero-order chi connectivity index (χ0) is 9.40. The largest absolute Gasteiger partial charge is 0.388 e. The van der Waals surface area contributed by atoms with Crippen LogP contribution in [0.25, 0.3) is 0 Å². The van der Waals surface area contributed by atoms with Gasteiger partial charge in [-0.25, -0.2) is 0 Å². The minimum atomic E-state index is 0.822. The molecule has 0 aliphatic rings. The standard InChI is InChI=1S/C9H15N3/c1-4-8(5-2)9(6-3)12-11-7-10/h4-5,7H,1,6H2,2-3H3,(H2,10,11). The highest BCUT2D eigenvalue weighted by Gasteiger charge is 1.98. The van der Waals surface area contributed by atoms with E-state index in [2.05, 4.69) is 16.8 Å². The summed E-state index contributed by atoms with van der Waals surface area (Å²) < 4.78 is 0. The second kappa shape index (κ2) is 6.34. The van der Waals surface area contributed by atoms with E-state index in [1.807, 2.05) is 19.9 Å². The lowest BCUT2D eigenvalue weighted by Crippen LogP contribution is -1.98. The lowest BCUT2D eigenvalue weighted by molar-refractivity contribution is 1.17. The molecule has 0 fully saturated rings. The predicted molar refractivity (Wildman–Crippen MR) is 54.4 cm³/mol. The smallest absolute Gasteiger partial charge is 0.108 e. The highest BCUT2D eigenvalue weighted by atomic mass is 15.2. The van der Waals surface area contributed by atoms with Crippen molar-refractivity contribution in [2.24, 2.45) is 15.9 Å². The van der Waals surface area contributed by atoms with Crippen molar-refractivity contribution in [3.63, 3.8) is 0 Å². The second-order valence-electron chi connectivity index (χ2n) is 2.11. The molecule has 0 rings (SSSR count). The Bertz CT molecular complexity index is 224. The van der Waals surface area contributed by atoms with E-state index < -0.39 is 0 Å². The van der Waals surface area contributed by atoms with Crippen molar-refractivity contribution in [2.75, 3.05) is 0 Å². The summed E-state index contributed by atoms with van der Waals surface area (Å²) in [6, 6.07) is 0. The van der Waals surface area contributed by atoms with Crippen molar-refractivity contribution in [3.05, 3.63) is 24.3 Å². The fourth-order valence-electron chi connectivity index (χ4n) is 0.838. The van der Waals surface area contributed by atoms with Crippen molar-refractivity contribution in [2.45, 2.75) is 20.3 Å². The van der Waals surface area contributed by atoms with Crippen LogP contribution < -0.4 is 5.73 Å². The minimum absolute atomic E-state index is 0.822. The lowest BCUT2D eigenvalue weighted by Gasteiger charge is -2.00. The molecule has 0 atom stereocenters. The zero-order valence-electron chi connectivity index (χ0n) is 7.62. The SMILES string of the molecule is C=CC(=CC)C(CC)=N/N=C/N. The number of hydrogen-bond donors (Lipinski definition) is 1. The molecule has 0 heterocycles. The highest BCUT2D eigenvalue weighted by Crippen LogP contribution is 2.03. The maximum Gasteiger partial charge on any atom is 0.108 e. The van der Waals surface area contributed by atoms with Gasteiger partial charge in [0.2, 0.25) is 0 Å². The second-order valence-corrected chi connectivity index (χ2v) is 2.11. The Morgan fingerprint density at radius 2 is 2.25 bits per heavy atom. The molecule has 0 unspecified atom stereocenters. The van der Waals surface area contributed by atoms with Gasteiger partial charge in [0.15, 0.2) is 0 Å². The predicted octanol–water partition coefficient (Wildman–Crippen LogP) is 1.87. The van der Waals surface area contributed by atoms with Gasteiger partial charge in [0.1, 0.15) is 6.34 Å². The van der Waals surface area contributed by atoms with E-state index >= 15 is 0 Å². The number of nitrogens with zero attached hydrogens (tertiary/aromatic N) is 2. The summed E-state index contributed by atoms with van der Waals surface area (Å²) in [4.78, 5) is 0. The maximum absolute atomic E-state index is 5.07. The first-order valence-electron chi connectivity index (χ1n) is 3.89. The Kier molecular flexibility index (Phi) is 5.61. The van der Waals surface area contributed by atoms with Crippen LogP contribution in [0, 0.1) is 0 Å². The lowest BCUT2D eigenvalue weighted by atomic mass is 10.1. The van der Waals surface area contributed by atoms with E-state index in [-0.39, 0.29) is 0 Å². The molecule has 0 spiro atoms. The molecule has 66 valence electrons. The summed E-state index contributed by atoms with van der Waals surface area (Å²) in [6.07, 6.45) is 5.70. The van der Waals surface area contributed by atoms with E-state index in [1.54, 1.807) is 6.08 Å². The number of allylic oxidation sites excluding steroid dienone is 3. The first kappa shape index (κ1) is 10.6. The average Bonchev–Trinajstić information content (AvgIpc) is 2.12. The third-order valence-electron chi connectivity index (χ3n) is 1.44. The van der Waals surface area contributed by atoms with Crippen LogP contribution in [0.5, 0.6) is 0 Å². The van der Waals surface area contributed by atoms with Crippen LogP contribution in [0.2, 0.25) is 0 Å². The molecule has 0 bridgehead atoms. The molecule has 0 aromatic heterocycles. The Balaban J connectivity index is 4.64. The fourth-order valence-corrected chi connectivity index (χ4v) is 0.838. The summed E-state index contributed by atoms with van der Waals surface area (Å²) in [5.74, 6) is 0. The summed E-state index contributed by atoms with van der Waals surface area (Å²) in [5, 5.41) is 7.54. The molecule has 3 heteroatoms. The van der Waals surface area contributed by atoms with Gasteiger partial charge in [0.05, 0.1) is 5.71 Å². The molecular formula is C9H15N3. The monoisotopic (exact) mass is 165 g/mol. The summed E-state index contributed by atoms with van der Waals surface area (Å²) in [5.41, 5.74) is 6.97. The van der Waals surface area contributed by atoms with Gasteiger partial charge >= 0.3 is 0 Å². The first-order valence-corrected chi connectivity index (χ1v) is 3.89. The van der Waals surface area contributed by atoms with E-state index in [9.17, 15) is 0 Å². The van der Waals surface area contributed by atoms with Gasteiger partial charge in [0, 0.05) is 0 Å². The molecule has 3 nitrogen and oxygen atoms in total. The molecule has 0 saturated carbocycles. The third kappa shape index (κ3) is 3.14. The van der Waals surface area contributed by atoms with Gasteiger partial charge in [0.25, 0.3) is 0 Å². The van der Waals surface area contributed by atoms with Gasteiger partial charge < -0.3 is 5.73 Å². The fraction of sp³-hybridized carbons (Fsp3) is 0.333. The van der Waals surface area contributed by atoms with Gasteiger partial charge in [-0.05, 0) is 18.9 Å². The molecule has 0 aliphatic heterocycles. The van der Waals surface area contributed by atoms with Crippen molar-refractivity contribution in [3.8, 4) is 0 Å². The van der Waals surface area contributed by atoms with Crippen molar-refractivity contribution < 1.29 is 0 Å². The Labute approximate surface area is 73.4 Å². The van der Waals surface area contributed by atoms with E-state index in [1.165, 1.54) is 6.34 Å². The molecule has 0 aliphatic carbocycles. The molecule has 2 N–H and O–H groups in total.